The molecule has 0 fully saturated rings. The van der Waals surface area contributed by atoms with Crippen molar-refractivity contribution >= 4 is 11.9 Å². The number of nitrogens with zero attached hydrogens (tertiary/aromatic N) is 2. The van der Waals surface area contributed by atoms with Gasteiger partial charge in [-0.25, -0.2) is 4.98 Å². The monoisotopic (exact) mass is 234 g/mol. The second kappa shape index (κ2) is 6.04. The average molecular weight is 234 g/mol. The third-order valence-corrected chi connectivity index (χ3v) is 2.73. The number of carbonyl (C=O) groups is 1. The highest BCUT2D eigenvalue weighted by atomic mass is 16.2. The molecule has 1 aromatic rings. The van der Waals surface area contributed by atoms with Crippen LogP contribution in [0, 0.1) is 16.7 Å². The Morgan fingerprint density at radius 3 is 2.59 bits per heavy atom. The molecule has 0 saturated carbocycles. The lowest BCUT2D eigenvalue weighted by atomic mass is 9.80. The highest BCUT2D eigenvalue weighted by Crippen LogP contribution is 2.30. The molecule has 0 aliphatic carbocycles. The predicted octanol–water partition coefficient (Wildman–Crippen LogP) is 2.46. The topological polar surface area (TPSA) is 81.6 Å². The molecule has 0 atom stereocenters. The summed E-state index contributed by atoms with van der Waals surface area (Å²) in [5.41, 5.74) is -0.934. The fourth-order valence-corrected chi connectivity index (χ4v) is 1.93. The molecule has 1 amide bonds. The van der Waals surface area contributed by atoms with Gasteiger partial charge < -0.3 is 4.98 Å². The molecule has 1 aromatic heterocycles. The maximum atomic E-state index is 12.1. The quantitative estimate of drug-likeness (QED) is 0.793. The molecule has 17 heavy (non-hydrogen) atoms. The van der Waals surface area contributed by atoms with Crippen LogP contribution in [0.4, 0.5) is 5.95 Å². The van der Waals surface area contributed by atoms with Gasteiger partial charge in [0.1, 0.15) is 5.41 Å². The van der Waals surface area contributed by atoms with Crippen LogP contribution in [0.3, 0.4) is 0 Å². The van der Waals surface area contributed by atoms with Crippen molar-refractivity contribution in [3.05, 3.63) is 12.4 Å². The Hall–Kier alpha value is -1.83. The van der Waals surface area contributed by atoms with Crippen LogP contribution in [-0.4, -0.2) is 15.9 Å². The van der Waals surface area contributed by atoms with Crippen LogP contribution in [0.5, 0.6) is 0 Å². The number of hydrogen-bond acceptors (Lipinski definition) is 3. The van der Waals surface area contributed by atoms with Crippen molar-refractivity contribution < 1.29 is 4.79 Å². The standard InChI is InChI=1S/C12H18N4O/c1-3-5-12(9-13,6-4-2)10(17)16-11-14-7-8-15-11/h7-8H,3-6H2,1-2H3,(H2,14,15,16,17). The van der Waals surface area contributed by atoms with E-state index in [2.05, 4.69) is 21.4 Å². The summed E-state index contributed by atoms with van der Waals surface area (Å²) in [6.45, 7) is 3.95. The van der Waals surface area contributed by atoms with Gasteiger partial charge in [0.15, 0.2) is 0 Å². The van der Waals surface area contributed by atoms with E-state index in [-0.39, 0.29) is 5.91 Å². The van der Waals surface area contributed by atoms with E-state index >= 15 is 0 Å². The van der Waals surface area contributed by atoms with E-state index in [1.165, 1.54) is 0 Å². The van der Waals surface area contributed by atoms with Crippen LogP contribution < -0.4 is 5.32 Å². The molecular weight excluding hydrogens is 216 g/mol. The van der Waals surface area contributed by atoms with Gasteiger partial charge in [-0.1, -0.05) is 26.7 Å². The summed E-state index contributed by atoms with van der Waals surface area (Å²) in [5, 5.41) is 12.0. The van der Waals surface area contributed by atoms with Gasteiger partial charge in [-0.05, 0) is 12.8 Å². The Bertz CT molecular complexity index is 385. The van der Waals surface area contributed by atoms with Gasteiger partial charge in [-0.15, -0.1) is 0 Å². The molecule has 0 radical (unpaired) electrons. The lowest BCUT2D eigenvalue weighted by Gasteiger charge is -2.23. The third-order valence-electron chi connectivity index (χ3n) is 2.73. The molecule has 5 heteroatoms. The van der Waals surface area contributed by atoms with Gasteiger partial charge >= 0.3 is 0 Å². The van der Waals surface area contributed by atoms with E-state index in [0.717, 1.165) is 12.8 Å². The van der Waals surface area contributed by atoms with Gasteiger partial charge in [0.2, 0.25) is 11.9 Å². The minimum atomic E-state index is -0.934. The molecule has 0 aliphatic rings. The fourth-order valence-electron chi connectivity index (χ4n) is 1.93. The van der Waals surface area contributed by atoms with Crippen molar-refractivity contribution in [2.24, 2.45) is 5.41 Å². The van der Waals surface area contributed by atoms with E-state index in [1.807, 2.05) is 13.8 Å². The number of imidazole rings is 1. The number of hydrogen-bond donors (Lipinski definition) is 2. The zero-order valence-electron chi connectivity index (χ0n) is 10.3. The lowest BCUT2D eigenvalue weighted by molar-refractivity contribution is -0.123. The smallest absolute Gasteiger partial charge is 0.247 e. The maximum absolute atomic E-state index is 12.1. The summed E-state index contributed by atoms with van der Waals surface area (Å²) in [5.74, 6) is 0.125. The van der Waals surface area contributed by atoms with Crippen LogP contribution in [-0.2, 0) is 4.79 Å². The van der Waals surface area contributed by atoms with E-state index in [0.29, 0.717) is 18.8 Å². The summed E-state index contributed by atoms with van der Waals surface area (Å²) < 4.78 is 0. The van der Waals surface area contributed by atoms with Crippen LogP contribution in [0.25, 0.3) is 0 Å². The van der Waals surface area contributed by atoms with Gasteiger partial charge in [0, 0.05) is 12.4 Å². The number of aromatic amines is 1. The van der Waals surface area contributed by atoms with Crippen LogP contribution in [0.2, 0.25) is 0 Å². The Kier molecular flexibility index (Phi) is 4.70. The largest absolute Gasteiger partial charge is 0.331 e. The number of carbonyl (C=O) groups excluding carboxylic acids is 1. The van der Waals surface area contributed by atoms with E-state index in [4.69, 9.17) is 0 Å². The zero-order chi connectivity index (χ0) is 12.7. The molecule has 0 spiro atoms. The Labute approximate surface area is 101 Å². The van der Waals surface area contributed by atoms with Crippen molar-refractivity contribution in [3.63, 3.8) is 0 Å². The Morgan fingerprint density at radius 1 is 1.53 bits per heavy atom. The maximum Gasteiger partial charge on any atom is 0.247 e. The lowest BCUT2D eigenvalue weighted by Crippen LogP contribution is -2.35. The summed E-state index contributed by atoms with van der Waals surface area (Å²) in [6.07, 6.45) is 5.94. The van der Waals surface area contributed by atoms with Gasteiger partial charge in [-0.3, -0.25) is 10.1 Å². The number of rotatable bonds is 6. The molecule has 0 aliphatic heterocycles. The highest BCUT2D eigenvalue weighted by Gasteiger charge is 2.37. The molecule has 5 nitrogen and oxygen atoms in total. The highest BCUT2D eigenvalue weighted by molar-refractivity contribution is 5.95. The second-order valence-corrected chi connectivity index (χ2v) is 4.09. The number of nitrogens with one attached hydrogen (secondary N) is 2. The van der Waals surface area contributed by atoms with E-state index < -0.39 is 5.41 Å². The SMILES string of the molecule is CCCC(C#N)(CCC)C(=O)Nc1ncc[nH]1. The fraction of sp³-hybridized carbons (Fsp3) is 0.583. The third kappa shape index (κ3) is 3.06. The first kappa shape index (κ1) is 13.2. The summed E-state index contributed by atoms with van der Waals surface area (Å²) in [6, 6.07) is 2.18. The number of anilines is 1. The van der Waals surface area contributed by atoms with Gasteiger partial charge in [0.25, 0.3) is 0 Å². The van der Waals surface area contributed by atoms with E-state index in [9.17, 15) is 10.1 Å². The molecule has 1 rings (SSSR count). The first-order valence-electron chi connectivity index (χ1n) is 5.90. The van der Waals surface area contributed by atoms with Crippen molar-refractivity contribution in [1.29, 1.82) is 5.26 Å². The molecular formula is C12H18N4O. The summed E-state index contributed by atoms with van der Waals surface area (Å²) in [7, 11) is 0. The number of aromatic nitrogens is 2. The molecule has 1 heterocycles. The second-order valence-electron chi connectivity index (χ2n) is 4.09. The van der Waals surface area contributed by atoms with Crippen LogP contribution >= 0.6 is 0 Å². The first-order chi connectivity index (χ1) is 8.18. The van der Waals surface area contributed by atoms with Crippen molar-refractivity contribution in [3.8, 4) is 6.07 Å². The van der Waals surface area contributed by atoms with Crippen molar-refractivity contribution in [1.82, 2.24) is 9.97 Å². The number of H-pyrrole nitrogens is 1. The minimum absolute atomic E-state index is 0.265. The normalized spacial score (nSPS) is 10.9. The first-order valence-corrected chi connectivity index (χ1v) is 5.90. The van der Waals surface area contributed by atoms with Gasteiger partial charge in [-0.2, -0.15) is 5.26 Å². The average Bonchev–Trinajstić information content (AvgIpc) is 2.81. The molecule has 0 aromatic carbocycles. The summed E-state index contributed by atoms with van der Waals surface area (Å²) in [4.78, 5) is 18.9. The van der Waals surface area contributed by atoms with Gasteiger partial charge in [0.05, 0.1) is 6.07 Å². The predicted molar refractivity (Wildman–Crippen MR) is 65.1 cm³/mol. The summed E-state index contributed by atoms with van der Waals surface area (Å²) >= 11 is 0. The van der Waals surface area contributed by atoms with Crippen molar-refractivity contribution in [2.75, 3.05) is 5.32 Å². The van der Waals surface area contributed by atoms with E-state index in [1.54, 1.807) is 12.4 Å². The Morgan fingerprint density at radius 2 is 2.18 bits per heavy atom. The molecule has 92 valence electrons. The van der Waals surface area contributed by atoms with Crippen molar-refractivity contribution in [2.45, 2.75) is 39.5 Å². The van der Waals surface area contributed by atoms with Crippen LogP contribution in [0.15, 0.2) is 12.4 Å². The minimum Gasteiger partial charge on any atom is -0.331 e. The zero-order valence-corrected chi connectivity index (χ0v) is 10.3. The molecule has 2 N–H and O–H groups in total. The molecule has 0 bridgehead atoms. The molecule has 0 unspecified atom stereocenters. The van der Waals surface area contributed by atoms with Crippen LogP contribution in [0.1, 0.15) is 39.5 Å². The molecule has 0 saturated heterocycles. The number of nitriles is 1. The number of amides is 1. The Balaban J connectivity index is 2.82.